The quantitative estimate of drug-likeness (QED) is 0.472. The first kappa shape index (κ1) is 19.3. The fourth-order valence-corrected chi connectivity index (χ4v) is 3.06. The molecule has 0 aliphatic heterocycles. The van der Waals surface area contributed by atoms with Crippen LogP contribution < -0.4 is 5.32 Å². The molecule has 1 amide bonds. The van der Waals surface area contributed by atoms with Crippen molar-refractivity contribution in [3.63, 3.8) is 0 Å². The summed E-state index contributed by atoms with van der Waals surface area (Å²) in [6, 6.07) is 29.5. The minimum absolute atomic E-state index is 0.127. The lowest BCUT2D eigenvalue weighted by molar-refractivity contribution is -0.115. The lowest BCUT2D eigenvalue weighted by Crippen LogP contribution is -2.16. The number of anilines is 1. The zero-order chi connectivity index (χ0) is 20.6. The zero-order valence-electron chi connectivity index (χ0n) is 16.4. The Hall–Kier alpha value is -4.05. The molecule has 4 rings (SSSR count). The summed E-state index contributed by atoms with van der Waals surface area (Å²) in [4.78, 5) is 21.8. The fraction of sp³-hybridized carbons (Fsp3) is 0.0385. The smallest absolute Gasteiger partial charge is 0.230 e. The normalized spacial score (nSPS) is 10.8. The zero-order valence-corrected chi connectivity index (χ0v) is 16.4. The summed E-state index contributed by atoms with van der Waals surface area (Å²) in [5.74, 6) is 0.320. The summed E-state index contributed by atoms with van der Waals surface area (Å²) in [5.41, 5.74) is 4.34. The second-order valence-electron chi connectivity index (χ2n) is 6.81. The van der Waals surface area contributed by atoms with Crippen LogP contribution in [0.15, 0.2) is 97.2 Å². The van der Waals surface area contributed by atoms with Crippen LogP contribution in [-0.4, -0.2) is 15.9 Å². The van der Waals surface area contributed by atoms with Crippen LogP contribution in [0.4, 0.5) is 5.82 Å². The Balaban J connectivity index is 1.62. The van der Waals surface area contributed by atoms with E-state index in [1.807, 2.05) is 103 Å². The molecule has 0 fully saturated rings. The van der Waals surface area contributed by atoms with E-state index in [2.05, 4.69) is 10.3 Å². The van der Waals surface area contributed by atoms with Gasteiger partial charge in [0.2, 0.25) is 5.91 Å². The van der Waals surface area contributed by atoms with Crippen molar-refractivity contribution in [1.29, 1.82) is 0 Å². The number of hydrogen-bond acceptors (Lipinski definition) is 3. The molecule has 0 saturated carbocycles. The topological polar surface area (TPSA) is 54.9 Å². The number of amides is 1. The van der Waals surface area contributed by atoms with E-state index >= 15 is 0 Å². The molecule has 1 N–H and O–H groups in total. The van der Waals surface area contributed by atoms with Gasteiger partial charge in [0.1, 0.15) is 5.69 Å². The first-order chi connectivity index (χ1) is 14.8. The SMILES string of the molecule is O=C(Cc1ccccc1)Nc1ncc(-c2ccccc2)nc1C=Cc1ccccc1. The third-order valence-corrected chi connectivity index (χ3v) is 4.57. The predicted octanol–water partition coefficient (Wildman–Crippen LogP) is 5.50. The molecule has 30 heavy (non-hydrogen) atoms. The van der Waals surface area contributed by atoms with Gasteiger partial charge in [0, 0.05) is 5.56 Å². The van der Waals surface area contributed by atoms with E-state index in [1.54, 1.807) is 6.20 Å². The molecule has 1 heterocycles. The molecule has 146 valence electrons. The first-order valence-electron chi connectivity index (χ1n) is 9.77. The maximum absolute atomic E-state index is 12.6. The van der Waals surface area contributed by atoms with E-state index in [-0.39, 0.29) is 12.3 Å². The van der Waals surface area contributed by atoms with Crippen LogP contribution in [0.25, 0.3) is 23.4 Å². The summed E-state index contributed by atoms with van der Waals surface area (Å²) in [7, 11) is 0. The average Bonchev–Trinajstić information content (AvgIpc) is 2.80. The molecule has 0 aliphatic carbocycles. The number of carbonyl (C=O) groups excluding carboxylic acids is 1. The Labute approximate surface area is 176 Å². The molecule has 0 unspecified atom stereocenters. The van der Waals surface area contributed by atoms with Crippen LogP contribution in [0.5, 0.6) is 0 Å². The van der Waals surface area contributed by atoms with Gasteiger partial charge in [0.15, 0.2) is 5.82 Å². The number of rotatable bonds is 6. The fourth-order valence-electron chi connectivity index (χ4n) is 3.06. The highest BCUT2D eigenvalue weighted by Gasteiger charge is 2.11. The second-order valence-corrected chi connectivity index (χ2v) is 6.81. The largest absolute Gasteiger partial charge is 0.309 e. The highest BCUT2D eigenvalue weighted by molar-refractivity contribution is 5.93. The van der Waals surface area contributed by atoms with E-state index in [4.69, 9.17) is 4.98 Å². The molecular weight excluding hydrogens is 370 g/mol. The van der Waals surface area contributed by atoms with Gasteiger partial charge in [-0.15, -0.1) is 0 Å². The van der Waals surface area contributed by atoms with Crippen molar-refractivity contribution >= 4 is 23.9 Å². The molecule has 0 spiro atoms. The Morgan fingerprint density at radius 1 is 0.800 bits per heavy atom. The third kappa shape index (κ3) is 5.06. The molecule has 0 radical (unpaired) electrons. The molecule has 0 bridgehead atoms. The van der Waals surface area contributed by atoms with Gasteiger partial charge in [-0.3, -0.25) is 4.79 Å². The number of carbonyl (C=O) groups is 1. The molecule has 0 saturated heterocycles. The molecular formula is C26H21N3O. The number of nitrogens with one attached hydrogen (secondary N) is 1. The molecule has 0 atom stereocenters. The van der Waals surface area contributed by atoms with Crippen LogP contribution >= 0.6 is 0 Å². The van der Waals surface area contributed by atoms with E-state index in [1.165, 1.54) is 0 Å². The molecule has 1 aromatic heterocycles. The van der Waals surface area contributed by atoms with Crippen molar-refractivity contribution in [3.8, 4) is 11.3 Å². The van der Waals surface area contributed by atoms with Crippen molar-refractivity contribution < 1.29 is 4.79 Å². The summed E-state index contributed by atoms with van der Waals surface area (Å²) < 4.78 is 0. The molecule has 4 aromatic rings. The van der Waals surface area contributed by atoms with Gasteiger partial charge < -0.3 is 5.32 Å². The number of aromatic nitrogens is 2. The van der Waals surface area contributed by atoms with Crippen LogP contribution in [0.2, 0.25) is 0 Å². The Morgan fingerprint density at radius 2 is 1.43 bits per heavy atom. The van der Waals surface area contributed by atoms with Crippen molar-refractivity contribution in [2.45, 2.75) is 6.42 Å². The Bertz CT molecular complexity index is 1140. The van der Waals surface area contributed by atoms with Crippen LogP contribution in [0.3, 0.4) is 0 Å². The van der Waals surface area contributed by atoms with Gasteiger partial charge >= 0.3 is 0 Å². The number of nitrogens with zero attached hydrogens (tertiary/aromatic N) is 2. The monoisotopic (exact) mass is 391 g/mol. The average molecular weight is 391 g/mol. The van der Waals surface area contributed by atoms with E-state index in [0.717, 1.165) is 22.4 Å². The molecule has 3 aromatic carbocycles. The van der Waals surface area contributed by atoms with Crippen LogP contribution in [0.1, 0.15) is 16.8 Å². The molecule has 4 nitrogen and oxygen atoms in total. The van der Waals surface area contributed by atoms with Crippen molar-refractivity contribution in [3.05, 3.63) is 114 Å². The van der Waals surface area contributed by atoms with Crippen molar-refractivity contribution in [2.24, 2.45) is 0 Å². The maximum atomic E-state index is 12.6. The number of hydrogen-bond donors (Lipinski definition) is 1. The standard InChI is InChI=1S/C26H21N3O/c30-25(18-21-12-6-2-7-13-21)29-26-23(17-16-20-10-4-1-5-11-20)28-24(19-27-26)22-14-8-3-9-15-22/h1-17,19H,18H2,(H,27,29,30). The Kier molecular flexibility index (Phi) is 6.06. The summed E-state index contributed by atoms with van der Waals surface area (Å²) >= 11 is 0. The van der Waals surface area contributed by atoms with Crippen LogP contribution in [-0.2, 0) is 11.2 Å². The lowest BCUT2D eigenvalue weighted by atomic mass is 10.1. The first-order valence-corrected chi connectivity index (χ1v) is 9.77. The van der Waals surface area contributed by atoms with Gasteiger partial charge in [-0.2, -0.15) is 0 Å². The maximum Gasteiger partial charge on any atom is 0.230 e. The van der Waals surface area contributed by atoms with Crippen molar-refractivity contribution in [1.82, 2.24) is 9.97 Å². The number of benzene rings is 3. The van der Waals surface area contributed by atoms with Crippen molar-refractivity contribution in [2.75, 3.05) is 5.32 Å². The predicted molar refractivity (Wildman–Crippen MR) is 122 cm³/mol. The highest BCUT2D eigenvalue weighted by Crippen LogP contribution is 2.21. The minimum Gasteiger partial charge on any atom is -0.309 e. The van der Waals surface area contributed by atoms with E-state index in [0.29, 0.717) is 11.5 Å². The second kappa shape index (κ2) is 9.43. The summed E-state index contributed by atoms with van der Waals surface area (Å²) in [5, 5.41) is 2.91. The molecule has 4 heteroatoms. The van der Waals surface area contributed by atoms with Gasteiger partial charge in [-0.25, -0.2) is 9.97 Å². The van der Waals surface area contributed by atoms with Crippen LogP contribution in [0, 0.1) is 0 Å². The molecule has 0 aliphatic rings. The lowest BCUT2D eigenvalue weighted by Gasteiger charge is -2.09. The van der Waals surface area contributed by atoms with E-state index < -0.39 is 0 Å². The Morgan fingerprint density at radius 3 is 2.13 bits per heavy atom. The summed E-state index contributed by atoms with van der Waals surface area (Å²) in [6.45, 7) is 0. The van der Waals surface area contributed by atoms with Gasteiger partial charge in [-0.05, 0) is 17.2 Å². The van der Waals surface area contributed by atoms with Gasteiger partial charge in [0.25, 0.3) is 0 Å². The van der Waals surface area contributed by atoms with Gasteiger partial charge in [-0.1, -0.05) is 97.1 Å². The van der Waals surface area contributed by atoms with Gasteiger partial charge in [0.05, 0.1) is 18.3 Å². The minimum atomic E-state index is -0.127. The third-order valence-electron chi connectivity index (χ3n) is 4.57. The summed E-state index contributed by atoms with van der Waals surface area (Å²) in [6.07, 6.45) is 5.82. The van der Waals surface area contributed by atoms with E-state index in [9.17, 15) is 4.79 Å². The highest BCUT2D eigenvalue weighted by atomic mass is 16.1.